The minimum absolute atomic E-state index is 0.0552. The fraction of sp³-hybridized carbons (Fsp3) is 0.474. The monoisotopic (exact) mass is 326 g/mol. The van der Waals surface area contributed by atoms with Gasteiger partial charge in [0.2, 0.25) is 0 Å². The molecule has 1 spiro atoms. The molecule has 1 unspecified atom stereocenters. The van der Waals surface area contributed by atoms with E-state index in [0.29, 0.717) is 18.8 Å². The Balaban J connectivity index is 1.47. The number of carbonyl (C=O) groups is 1. The summed E-state index contributed by atoms with van der Waals surface area (Å²) in [5.41, 5.74) is 1.42. The van der Waals surface area contributed by atoms with Crippen LogP contribution in [0.25, 0.3) is 0 Å². The fourth-order valence-electron chi connectivity index (χ4n) is 3.70. The second-order valence-electron chi connectivity index (χ2n) is 6.80. The highest BCUT2D eigenvalue weighted by Gasteiger charge is 2.44. The molecule has 4 rings (SSSR count). The average Bonchev–Trinajstić information content (AvgIpc) is 3.22. The Hall–Kier alpha value is -2.30. The lowest BCUT2D eigenvalue weighted by Gasteiger charge is -2.35. The molecule has 1 aromatic heterocycles. The number of para-hydroxylation sites is 1. The van der Waals surface area contributed by atoms with Gasteiger partial charge in [-0.3, -0.25) is 4.79 Å². The first-order valence-corrected chi connectivity index (χ1v) is 8.71. The molecule has 1 aromatic carbocycles. The van der Waals surface area contributed by atoms with Gasteiger partial charge in [0, 0.05) is 25.5 Å². The van der Waals surface area contributed by atoms with Crippen LogP contribution in [-0.4, -0.2) is 34.7 Å². The molecular formula is C19H22N2O3. The van der Waals surface area contributed by atoms with Gasteiger partial charge < -0.3 is 14.2 Å². The summed E-state index contributed by atoms with van der Waals surface area (Å²) in [7, 11) is 0. The zero-order valence-electron chi connectivity index (χ0n) is 14.0. The van der Waals surface area contributed by atoms with Crippen LogP contribution in [0.3, 0.4) is 0 Å². The van der Waals surface area contributed by atoms with E-state index in [1.807, 2.05) is 23.1 Å². The largest absolute Gasteiger partial charge is 0.485 e. The van der Waals surface area contributed by atoms with Crippen molar-refractivity contribution in [3.05, 3.63) is 47.3 Å². The molecule has 1 saturated heterocycles. The van der Waals surface area contributed by atoms with E-state index in [1.54, 1.807) is 6.07 Å². The second-order valence-corrected chi connectivity index (χ2v) is 6.80. The number of carbonyl (C=O) groups excluding carboxylic acids is 1. The van der Waals surface area contributed by atoms with Crippen molar-refractivity contribution in [1.29, 1.82) is 0 Å². The first-order chi connectivity index (χ1) is 11.7. The van der Waals surface area contributed by atoms with Crippen molar-refractivity contribution in [2.75, 3.05) is 13.1 Å². The minimum atomic E-state index is -0.250. The third-order valence-electron chi connectivity index (χ3n) is 5.03. The summed E-state index contributed by atoms with van der Waals surface area (Å²) in [6.07, 6.45) is 4.61. The van der Waals surface area contributed by atoms with Crippen LogP contribution in [0.1, 0.15) is 48.0 Å². The van der Waals surface area contributed by atoms with Crippen LogP contribution in [0, 0.1) is 0 Å². The minimum Gasteiger partial charge on any atom is -0.485 e. The van der Waals surface area contributed by atoms with Gasteiger partial charge in [-0.2, -0.15) is 0 Å². The van der Waals surface area contributed by atoms with Gasteiger partial charge in [0.25, 0.3) is 5.91 Å². The van der Waals surface area contributed by atoms with E-state index < -0.39 is 0 Å². The smallest absolute Gasteiger partial charge is 0.276 e. The Kier molecular flexibility index (Phi) is 3.79. The lowest BCUT2D eigenvalue weighted by atomic mass is 9.90. The Bertz CT molecular complexity index is 755. The van der Waals surface area contributed by atoms with Crippen LogP contribution in [0.2, 0.25) is 0 Å². The van der Waals surface area contributed by atoms with Crippen LogP contribution in [0.5, 0.6) is 5.75 Å². The van der Waals surface area contributed by atoms with Gasteiger partial charge in [-0.1, -0.05) is 30.3 Å². The fourth-order valence-corrected chi connectivity index (χ4v) is 3.70. The van der Waals surface area contributed by atoms with Gasteiger partial charge in [-0.05, 0) is 30.9 Å². The van der Waals surface area contributed by atoms with Crippen molar-refractivity contribution in [2.24, 2.45) is 0 Å². The van der Waals surface area contributed by atoms with Gasteiger partial charge in [0.05, 0.1) is 6.54 Å². The maximum absolute atomic E-state index is 12.7. The molecule has 0 aliphatic carbocycles. The molecule has 1 atom stereocenters. The molecule has 2 aliphatic heterocycles. The number of benzene rings is 1. The third-order valence-corrected chi connectivity index (χ3v) is 5.03. The zero-order valence-corrected chi connectivity index (χ0v) is 14.0. The highest BCUT2D eigenvalue weighted by atomic mass is 16.5. The summed E-state index contributed by atoms with van der Waals surface area (Å²) in [6, 6.07) is 9.96. The summed E-state index contributed by atoms with van der Waals surface area (Å²) >= 11 is 0. The van der Waals surface area contributed by atoms with E-state index in [2.05, 4.69) is 18.1 Å². The number of likely N-dealkylation sites (tertiary alicyclic amines) is 1. The molecule has 5 heteroatoms. The number of rotatable bonds is 3. The van der Waals surface area contributed by atoms with Crippen molar-refractivity contribution >= 4 is 5.91 Å². The number of aryl methyl sites for hydroxylation is 2. The van der Waals surface area contributed by atoms with Gasteiger partial charge in [-0.25, -0.2) is 0 Å². The van der Waals surface area contributed by atoms with E-state index in [-0.39, 0.29) is 11.5 Å². The van der Waals surface area contributed by atoms with E-state index in [0.717, 1.165) is 43.6 Å². The Morgan fingerprint density at radius 3 is 3.08 bits per heavy atom. The lowest BCUT2D eigenvalue weighted by molar-refractivity contribution is 0.0481. The maximum atomic E-state index is 12.7. The van der Waals surface area contributed by atoms with Gasteiger partial charge in [0.15, 0.2) is 5.69 Å². The number of aromatic nitrogens is 1. The quantitative estimate of drug-likeness (QED) is 0.869. The van der Waals surface area contributed by atoms with Crippen LogP contribution >= 0.6 is 0 Å². The molecular weight excluding hydrogens is 304 g/mol. The number of amides is 1. The van der Waals surface area contributed by atoms with Crippen molar-refractivity contribution < 1.29 is 14.1 Å². The SMILES string of the molecule is CCCc1cc(C(=O)N2CCC3(CCc4ccccc4O3)C2)no1. The Labute approximate surface area is 141 Å². The normalized spacial score (nSPS) is 22.5. The van der Waals surface area contributed by atoms with Crippen LogP contribution in [0.15, 0.2) is 34.9 Å². The molecule has 0 saturated carbocycles. The van der Waals surface area contributed by atoms with Gasteiger partial charge in [0.1, 0.15) is 17.1 Å². The van der Waals surface area contributed by atoms with Crippen LogP contribution in [-0.2, 0) is 12.8 Å². The number of fused-ring (bicyclic) bond motifs is 1. The van der Waals surface area contributed by atoms with Gasteiger partial charge in [-0.15, -0.1) is 0 Å². The molecule has 126 valence electrons. The summed E-state index contributed by atoms with van der Waals surface area (Å²) in [5.74, 6) is 1.68. The first-order valence-electron chi connectivity index (χ1n) is 8.71. The van der Waals surface area contributed by atoms with Crippen molar-refractivity contribution in [2.45, 2.75) is 44.6 Å². The first kappa shape index (κ1) is 15.2. The van der Waals surface area contributed by atoms with Crippen LogP contribution in [0.4, 0.5) is 0 Å². The van der Waals surface area contributed by atoms with Crippen molar-refractivity contribution in [3.63, 3.8) is 0 Å². The molecule has 0 N–H and O–H groups in total. The van der Waals surface area contributed by atoms with Crippen molar-refractivity contribution in [1.82, 2.24) is 10.1 Å². The summed E-state index contributed by atoms with van der Waals surface area (Å²) in [6.45, 7) is 3.40. The Morgan fingerprint density at radius 2 is 2.21 bits per heavy atom. The van der Waals surface area contributed by atoms with E-state index in [9.17, 15) is 4.79 Å². The summed E-state index contributed by atoms with van der Waals surface area (Å²) in [4.78, 5) is 14.5. The number of hydrogen-bond acceptors (Lipinski definition) is 4. The molecule has 1 fully saturated rings. The van der Waals surface area contributed by atoms with E-state index in [1.165, 1.54) is 5.56 Å². The summed E-state index contributed by atoms with van der Waals surface area (Å²) in [5, 5.41) is 3.94. The molecule has 1 amide bonds. The van der Waals surface area contributed by atoms with E-state index in [4.69, 9.17) is 9.26 Å². The second kappa shape index (κ2) is 5.96. The molecule has 5 nitrogen and oxygen atoms in total. The highest BCUT2D eigenvalue weighted by molar-refractivity contribution is 5.92. The maximum Gasteiger partial charge on any atom is 0.276 e. The lowest BCUT2D eigenvalue weighted by Crippen LogP contribution is -2.43. The number of hydrogen-bond donors (Lipinski definition) is 0. The predicted molar refractivity (Wildman–Crippen MR) is 89.1 cm³/mol. The Morgan fingerprint density at radius 1 is 1.33 bits per heavy atom. The highest BCUT2D eigenvalue weighted by Crippen LogP contribution is 2.38. The molecule has 0 radical (unpaired) electrons. The predicted octanol–water partition coefficient (Wildman–Crippen LogP) is 3.24. The summed E-state index contributed by atoms with van der Waals surface area (Å²) < 4.78 is 11.5. The molecule has 2 aliphatic rings. The zero-order chi connectivity index (χ0) is 16.6. The van der Waals surface area contributed by atoms with Crippen LogP contribution < -0.4 is 4.74 Å². The topological polar surface area (TPSA) is 55.6 Å². The molecule has 3 heterocycles. The van der Waals surface area contributed by atoms with Crippen molar-refractivity contribution in [3.8, 4) is 5.75 Å². The standard InChI is InChI=1S/C19H22N2O3/c1-2-5-15-12-16(20-24-15)18(22)21-11-10-19(13-21)9-8-14-6-3-4-7-17(14)23-19/h3-4,6-7,12H,2,5,8-11,13H2,1H3. The average molecular weight is 326 g/mol. The number of nitrogens with zero attached hydrogens (tertiary/aromatic N) is 2. The molecule has 24 heavy (non-hydrogen) atoms. The number of ether oxygens (including phenoxy) is 1. The molecule has 0 bridgehead atoms. The third kappa shape index (κ3) is 2.68. The van der Waals surface area contributed by atoms with E-state index >= 15 is 0 Å². The van der Waals surface area contributed by atoms with Gasteiger partial charge >= 0.3 is 0 Å². The molecule has 2 aromatic rings.